The lowest BCUT2D eigenvalue weighted by Crippen LogP contribution is -2.41. The third kappa shape index (κ3) is 1.88. The Hall–Kier alpha value is -0.730. The van der Waals surface area contributed by atoms with Crippen LogP contribution in [-0.4, -0.2) is 16.8 Å². The third-order valence-electron chi connectivity index (χ3n) is 5.91. The molecule has 2 nitrogen and oxygen atoms in total. The van der Waals surface area contributed by atoms with Crippen molar-refractivity contribution in [2.24, 2.45) is 22.7 Å². The molecule has 6 rings (SSSR count). The number of halogens is 2. The predicted octanol–water partition coefficient (Wildman–Crippen LogP) is 5.05. The number of rotatable bonds is 0. The van der Waals surface area contributed by atoms with Gasteiger partial charge in [0.2, 0.25) is 0 Å². The van der Waals surface area contributed by atoms with E-state index in [9.17, 15) is 0 Å². The maximum atomic E-state index is 6.20. The van der Waals surface area contributed by atoms with Crippen molar-refractivity contribution in [3.05, 3.63) is 27.7 Å². The number of aliphatic imine (C=N–C) groups is 1. The van der Waals surface area contributed by atoms with Crippen LogP contribution in [0.5, 0.6) is 0 Å². The molecule has 2 aliphatic carbocycles. The van der Waals surface area contributed by atoms with E-state index in [0.29, 0.717) is 22.0 Å². The molecule has 0 unspecified atom stereocenters. The zero-order chi connectivity index (χ0) is 14.1. The van der Waals surface area contributed by atoms with E-state index in [1.807, 2.05) is 12.1 Å². The Kier molecular flexibility index (Phi) is 2.67. The summed E-state index contributed by atoms with van der Waals surface area (Å²) in [7, 11) is 0. The van der Waals surface area contributed by atoms with Gasteiger partial charge in [0, 0.05) is 18.5 Å². The minimum absolute atomic E-state index is 0.618. The van der Waals surface area contributed by atoms with Gasteiger partial charge in [0.05, 0.1) is 15.7 Å². The maximum absolute atomic E-state index is 6.20. The number of hydrogen-bond acceptors (Lipinski definition) is 2. The first-order valence-corrected chi connectivity index (χ1v) is 8.76. The van der Waals surface area contributed by atoms with E-state index in [4.69, 9.17) is 28.2 Å². The SMILES string of the molecule is Clc1cc2c(cc1Cl)N=C1C3C[C@H]4CC(C[C@H](C3)C4)N1C2. The van der Waals surface area contributed by atoms with Gasteiger partial charge in [-0.3, -0.25) is 0 Å². The quantitative estimate of drug-likeness (QED) is 0.653. The number of hydrogen-bond donors (Lipinski definition) is 0. The van der Waals surface area contributed by atoms with Crippen LogP contribution in [0.4, 0.5) is 5.69 Å². The van der Waals surface area contributed by atoms with Gasteiger partial charge in [-0.05, 0) is 61.6 Å². The first-order valence-electron chi connectivity index (χ1n) is 8.00. The molecule has 4 heteroatoms. The summed E-state index contributed by atoms with van der Waals surface area (Å²) in [5.41, 5.74) is 2.27. The first kappa shape index (κ1) is 12.8. The van der Waals surface area contributed by atoms with E-state index in [-0.39, 0.29) is 0 Å². The van der Waals surface area contributed by atoms with Crippen molar-refractivity contribution in [2.75, 3.05) is 0 Å². The second-order valence-corrected chi connectivity index (χ2v) is 8.07. The summed E-state index contributed by atoms with van der Waals surface area (Å²) in [5, 5.41) is 1.27. The molecule has 1 aromatic carbocycles. The van der Waals surface area contributed by atoms with E-state index in [1.54, 1.807) is 0 Å². The zero-order valence-corrected chi connectivity index (χ0v) is 13.4. The summed E-state index contributed by atoms with van der Waals surface area (Å²) in [6.45, 7) is 0.964. The van der Waals surface area contributed by atoms with Crippen molar-refractivity contribution in [3.63, 3.8) is 0 Å². The van der Waals surface area contributed by atoms with Gasteiger partial charge in [-0.25, -0.2) is 4.99 Å². The predicted molar refractivity (Wildman–Crippen MR) is 86.4 cm³/mol. The summed E-state index contributed by atoms with van der Waals surface area (Å²) in [4.78, 5) is 7.62. The molecule has 0 amide bonds. The lowest BCUT2D eigenvalue weighted by atomic mass is 9.68. The third-order valence-corrected chi connectivity index (χ3v) is 6.63. The lowest BCUT2D eigenvalue weighted by molar-refractivity contribution is 0.128. The van der Waals surface area contributed by atoms with Crippen molar-refractivity contribution in [1.29, 1.82) is 0 Å². The molecule has 110 valence electrons. The largest absolute Gasteiger partial charge is 0.352 e. The van der Waals surface area contributed by atoms with Gasteiger partial charge in [-0.1, -0.05) is 23.2 Å². The molecular formula is C17H18Cl2N2. The van der Waals surface area contributed by atoms with Gasteiger partial charge in [-0.15, -0.1) is 0 Å². The summed E-state index contributed by atoms with van der Waals surface area (Å²) >= 11 is 12.4. The standard InChI is InChI=1S/C17H18Cl2N2/c18-14-6-12-8-21-13-4-9-1-10(5-13)3-11(2-9)17(21)20-16(12)7-15(14)19/h6-7,9-11,13H,1-5,8H2/t9-,10-,11?,13?/m0/s1. The number of fused-ring (bicyclic) bond motifs is 1. The minimum Gasteiger partial charge on any atom is -0.352 e. The van der Waals surface area contributed by atoms with Crippen LogP contribution in [0, 0.1) is 17.8 Å². The van der Waals surface area contributed by atoms with Crippen molar-refractivity contribution in [3.8, 4) is 0 Å². The van der Waals surface area contributed by atoms with Crippen LogP contribution >= 0.6 is 23.2 Å². The average molecular weight is 321 g/mol. The molecule has 4 bridgehead atoms. The summed E-state index contributed by atoms with van der Waals surface area (Å²) < 4.78 is 0. The highest BCUT2D eigenvalue weighted by Crippen LogP contribution is 2.50. The highest BCUT2D eigenvalue weighted by atomic mass is 35.5. The molecule has 4 fully saturated rings. The molecule has 5 aliphatic rings. The van der Waals surface area contributed by atoms with Gasteiger partial charge in [0.15, 0.2) is 0 Å². The topological polar surface area (TPSA) is 15.6 Å². The van der Waals surface area contributed by atoms with E-state index in [2.05, 4.69) is 4.90 Å². The molecule has 3 heterocycles. The van der Waals surface area contributed by atoms with Crippen LogP contribution in [0.2, 0.25) is 10.0 Å². The molecule has 21 heavy (non-hydrogen) atoms. The van der Waals surface area contributed by atoms with Crippen molar-refractivity contribution in [1.82, 2.24) is 4.90 Å². The molecule has 2 saturated carbocycles. The molecule has 0 N–H and O–H groups in total. The second kappa shape index (κ2) is 4.39. The maximum Gasteiger partial charge on any atom is 0.108 e. The Bertz CT molecular complexity index is 640. The number of benzene rings is 1. The average Bonchev–Trinajstić information content (AvgIpc) is 2.61. The highest BCUT2D eigenvalue weighted by molar-refractivity contribution is 6.42. The van der Waals surface area contributed by atoms with E-state index in [1.165, 1.54) is 43.5 Å². The van der Waals surface area contributed by atoms with Crippen molar-refractivity contribution in [2.45, 2.75) is 44.7 Å². The lowest BCUT2D eigenvalue weighted by Gasteiger charge is -2.39. The Morgan fingerprint density at radius 1 is 0.952 bits per heavy atom. The Morgan fingerprint density at radius 2 is 1.67 bits per heavy atom. The van der Waals surface area contributed by atoms with Crippen LogP contribution in [-0.2, 0) is 6.54 Å². The molecule has 2 saturated heterocycles. The first-order chi connectivity index (χ1) is 10.2. The van der Waals surface area contributed by atoms with E-state index in [0.717, 1.165) is 24.1 Å². The summed E-state index contributed by atoms with van der Waals surface area (Å²) in [6, 6.07) is 4.65. The number of amidine groups is 1. The molecule has 1 aromatic rings. The fourth-order valence-corrected chi connectivity index (χ4v) is 5.53. The minimum atomic E-state index is 0.618. The van der Waals surface area contributed by atoms with Crippen molar-refractivity contribution >= 4 is 34.7 Å². The smallest absolute Gasteiger partial charge is 0.108 e. The van der Waals surface area contributed by atoms with Crippen LogP contribution in [0.25, 0.3) is 0 Å². The fraction of sp³-hybridized carbons (Fsp3) is 0.588. The second-order valence-electron chi connectivity index (χ2n) is 7.25. The van der Waals surface area contributed by atoms with Gasteiger partial charge in [0.1, 0.15) is 5.84 Å². The fourth-order valence-electron chi connectivity index (χ4n) is 5.18. The number of nitrogens with zero attached hydrogens (tertiary/aromatic N) is 2. The Balaban J connectivity index is 1.64. The molecule has 2 atom stereocenters. The van der Waals surface area contributed by atoms with Gasteiger partial charge in [0.25, 0.3) is 0 Å². The summed E-state index contributed by atoms with van der Waals surface area (Å²) in [6.07, 6.45) is 6.88. The molecule has 0 aromatic heterocycles. The molecule has 0 radical (unpaired) electrons. The van der Waals surface area contributed by atoms with Crippen molar-refractivity contribution < 1.29 is 0 Å². The van der Waals surface area contributed by atoms with E-state index >= 15 is 0 Å². The van der Waals surface area contributed by atoms with Gasteiger partial charge < -0.3 is 4.90 Å². The zero-order valence-electron chi connectivity index (χ0n) is 11.9. The Morgan fingerprint density at radius 3 is 2.43 bits per heavy atom. The molecule has 0 spiro atoms. The summed E-state index contributed by atoms with van der Waals surface area (Å²) in [5.74, 6) is 3.87. The van der Waals surface area contributed by atoms with E-state index < -0.39 is 0 Å². The van der Waals surface area contributed by atoms with Crippen LogP contribution in [0.15, 0.2) is 17.1 Å². The Labute approximate surface area is 135 Å². The van der Waals surface area contributed by atoms with Gasteiger partial charge >= 0.3 is 0 Å². The van der Waals surface area contributed by atoms with Crippen LogP contribution in [0.3, 0.4) is 0 Å². The van der Waals surface area contributed by atoms with Gasteiger partial charge in [-0.2, -0.15) is 0 Å². The van der Waals surface area contributed by atoms with Crippen LogP contribution < -0.4 is 0 Å². The molecular weight excluding hydrogens is 303 g/mol. The monoisotopic (exact) mass is 320 g/mol. The normalized spacial score (nSPS) is 36.1. The highest BCUT2D eigenvalue weighted by Gasteiger charge is 2.46. The van der Waals surface area contributed by atoms with Crippen LogP contribution in [0.1, 0.15) is 37.7 Å². The molecule has 3 aliphatic heterocycles.